The Kier molecular flexibility index (Phi) is 4.40. The van der Waals surface area contributed by atoms with Crippen LogP contribution >= 0.6 is 0 Å². The lowest BCUT2D eigenvalue weighted by molar-refractivity contribution is -0.117. The smallest absolute Gasteiger partial charge is 0.225 e. The molecule has 1 saturated heterocycles. The van der Waals surface area contributed by atoms with Crippen LogP contribution in [0.4, 0.5) is 0 Å². The lowest BCUT2D eigenvalue weighted by Gasteiger charge is -2.11. The van der Waals surface area contributed by atoms with Crippen molar-refractivity contribution in [3.63, 3.8) is 0 Å². The zero-order valence-corrected chi connectivity index (χ0v) is 13.1. The molecule has 0 unspecified atom stereocenters. The lowest BCUT2D eigenvalue weighted by atomic mass is 10.1. The molecule has 0 saturated carbocycles. The van der Waals surface area contributed by atoms with Crippen molar-refractivity contribution >= 4 is 5.91 Å². The number of amides is 1. The van der Waals surface area contributed by atoms with Gasteiger partial charge in [-0.3, -0.25) is 4.79 Å². The van der Waals surface area contributed by atoms with Crippen LogP contribution < -0.4 is 11.1 Å². The number of nitrogens with two attached hydrogens (primary N) is 1. The molecule has 2 atom stereocenters. The molecule has 7 nitrogen and oxygen atoms in total. The van der Waals surface area contributed by atoms with Gasteiger partial charge in [-0.1, -0.05) is 29.8 Å². The van der Waals surface area contributed by atoms with Gasteiger partial charge >= 0.3 is 0 Å². The minimum atomic E-state index is -0.455. The highest BCUT2D eigenvalue weighted by atomic mass is 16.3. The lowest BCUT2D eigenvalue weighted by Crippen LogP contribution is -2.19. The number of nitrogens with one attached hydrogen (secondary N) is 1. The fourth-order valence-electron chi connectivity index (χ4n) is 2.79. The monoisotopic (exact) mass is 315 g/mol. The van der Waals surface area contributed by atoms with Crippen LogP contribution in [0.2, 0.25) is 0 Å². The standard InChI is InChI=1S/C16H21N5O2/c1-10-2-4-11(5-3-10)9-21-16(13-6-12(22)8-18-13)19-15(20-21)7-14(17)23/h2-5,12-13,18,22H,6-9H2,1H3,(H2,17,23)/t12-,13+/m1/s1. The first-order chi connectivity index (χ1) is 11.0. The van der Waals surface area contributed by atoms with Gasteiger partial charge in [0.15, 0.2) is 5.82 Å². The maximum Gasteiger partial charge on any atom is 0.225 e. The number of rotatable bonds is 5. The van der Waals surface area contributed by atoms with Crippen molar-refractivity contribution in [3.8, 4) is 0 Å². The second-order valence-electron chi connectivity index (χ2n) is 6.02. The molecule has 23 heavy (non-hydrogen) atoms. The molecule has 0 bridgehead atoms. The third-order valence-electron chi connectivity index (χ3n) is 3.95. The van der Waals surface area contributed by atoms with E-state index in [1.807, 2.05) is 31.2 Å². The fraction of sp³-hybridized carbons (Fsp3) is 0.438. The molecule has 7 heteroatoms. The predicted octanol–water partition coefficient (Wildman–Crippen LogP) is 0.0579. The first kappa shape index (κ1) is 15.6. The summed E-state index contributed by atoms with van der Waals surface area (Å²) < 4.78 is 1.79. The van der Waals surface area contributed by atoms with Crippen molar-refractivity contribution in [1.82, 2.24) is 20.1 Å². The first-order valence-corrected chi connectivity index (χ1v) is 7.70. The van der Waals surface area contributed by atoms with Gasteiger partial charge in [-0.25, -0.2) is 9.67 Å². The van der Waals surface area contributed by atoms with Crippen LogP contribution in [-0.2, 0) is 17.8 Å². The van der Waals surface area contributed by atoms with Crippen LogP contribution in [0, 0.1) is 6.92 Å². The Morgan fingerprint density at radius 1 is 1.43 bits per heavy atom. The first-order valence-electron chi connectivity index (χ1n) is 7.70. The summed E-state index contributed by atoms with van der Waals surface area (Å²) in [4.78, 5) is 15.6. The van der Waals surface area contributed by atoms with Crippen molar-refractivity contribution in [2.45, 2.75) is 38.5 Å². The molecule has 1 aliphatic rings. The molecule has 2 aromatic rings. The number of carbonyl (C=O) groups excluding carboxylic acids is 1. The second-order valence-corrected chi connectivity index (χ2v) is 6.02. The third-order valence-corrected chi connectivity index (χ3v) is 3.95. The van der Waals surface area contributed by atoms with Crippen molar-refractivity contribution < 1.29 is 9.90 Å². The van der Waals surface area contributed by atoms with Crippen LogP contribution in [0.25, 0.3) is 0 Å². The summed E-state index contributed by atoms with van der Waals surface area (Å²) in [5.41, 5.74) is 7.54. The molecule has 2 heterocycles. The molecule has 122 valence electrons. The molecule has 1 aliphatic heterocycles. The number of benzene rings is 1. The number of aliphatic hydroxyl groups excluding tert-OH is 1. The molecule has 0 aliphatic carbocycles. The maximum atomic E-state index is 11.1. The van der Waals surface area contributed by atoms with Gasteiger partial charge in [0, 0.05) is 6.54 Å². The Bertz CT molecular complexity index is 695. The number of β-amino-alcohol motifs (C(OH)–C–C–N with tert-alkyl or cyclic N) is 1. The van der Waals surface area contributed by atoms with E-state index in [2.05, 4.69) is 15.4 Å². The molecule has 1 amide bonds. The Morgan fingerprint density at radius 2 is 2.17 bits per heavy atom. The highest BCUT2D eigenvalue weighted by Crippen LogP contribution is 2.23. The van der Waals surface area contributed by atoms with Gasteiger partial charge in [-0.15, -0.1) is 0 Å². The molecule has 0 spiro atoms. The Labute approximate surface area is 134 Å². The summed E-state index contributed by atoms with van der Waals surface area (Å²) in [6.45, 7) is 3.14. The molecule has 4 N–H and O–H groups in total. The van der Waals surface area contributed by atoms with E-state index < -0.39 is 5.91 Å². The average molecular weight is 315 g/mol. The van der Waals surface area contributed by atoms with E-state index >= 15 is 0 Å². The van der Waals surface area contributed by atoms with Crippen molar-refractivity contribution in [2.75, 3.05) is 6.54 Å². The highest BCUT2D eigenvalue weighted by molar-refractivity contribution is 5.75. The van der Waals surface area contributed by atoms with Crippen molar-refractivity contribution in [2.24, 2.45) is 5.73 Å². The van der Waals surface area contributed by atoms with Gasteiger partial charge in [-0.2, -0.15) is 5.10 Å². The molecular formula is C16H21N5O2. The van der Waals surface area contributed by atoms with E-state index in [1.165, 1.54) is 5.56 Å². The Morgan fingerprint density at radius 3 is 2.78 bits per heavy atom. The number of hydrogen-bond donors (Lipinski definition) is 3. The summed E-state index contributed by atoms with van der Waals surface area (Å²) in [6, 6.07) is 8.13. The maximum absolute atomic E-state index is 11.1. The van der Waals surface area contributed by atoms with Gasteiger partial charge in [0.25, 0.3) is 0 Å². The number of nitrogens with zero attached hydrogens (tertiary/aromatic N) is 3. The molecule has 0 radical (unpaired) electrons. The number of aromatic nitrogens is 3. The van der Waals surface area contributed by atoms with E-state index in [4.69, 9.17) is 5.73 Å². The van der Waals surface area contributed by atoms with Gasteiger partial charge in [0.05, 0.1) is 25.1 Å². The van der Waals surface area contributed by atoms with E-state index in [0.717, 1.165) is 11.4 Å². The summed E-state index contributed by atoms with van der Waals surface area (Å²) in [5, 5.41) is 17.4. The Hall–Kier alpha value is -2.25. The van der Waals surface area contributed by atoms with Crippen molar-refractivity contribution in [3.05, 3.63) is 47.0 Å². The fourth-order valence-corrected chi connectivity index (χ4v) is 2.79. The van der Waals surface area contributed by atoms with Gasteiger partial charge in [0.1, 0.15) is 5.82 Å². The molecule has 1 fully saturated rings. The average Bonchev–Trinajstić information content (AvgIpc) is 3.07. The number of carbonyl (C=O) groups is 1. The molecule has 1 aromatic carbocycles. The van der Waals surface area contributed by atoms with E-state index in [-0.39, 0.29) is 18.6 Å². The number of primary amides is 1. The Balaban J connectivity index is 1.88. The van der Waals surface area contributed by atoms with E-state index in [1.54, 1.807) is 4.68 Å². The zero-order valence-electron chi connectivity index (χ0n) is 13.1. The number of hydrogen-bond acceptors (Lipinski definition) is 5. The zero-order chi connectivity index (χ0) is 16.4. The largest absolute Gasteiger partial charge is 0.392 e. The summed E-state index contributed by atoms with van der Waals surface area (Å²) in [6.07, 6.45) is 0.218. The highest BCUT2D eigenvalue weighted by Gasteiger charge is 2.28. The van der Waals surface area contributed by atoms with Gasteiger partial charge in [0.2, 0.25) is 5.91 Å². The quantitative estimate of drug-likeness (QED) is 0.723. The number of aryl methyl sites for hydroxylation is 1. The molecular weight excluding hydrogens is 294 g/mol. The van der Waals surface area contributed by atoms with Gasteiger partial charge < -0.3 is 16.2 Å². The van der Waals surface area contributed by atoms with Crippen LogP contribution in [0.1, 0.15) is 35.2 Å². The minimum absolute atomic E-state index is 0.0170. The third kappa shape index (κ3) is 3.75. The summed E-state index contributed by atoms with van der Waals surface area (Å²) in [5.74, 6) is 0.699. The van der Waals surface area contributed by atoms with Crippen LogP contribution in [-0.4, -0.2) is 38.4 Å². The molecule has 3 rings (SSSR count). The topological polar surface area (TPSA) is 106 Å². The van der Waals surface area contributed by atoms with Crippen LogP contribution in [0.15, 0.2) is 24.3 Å². The van der Waals surface area contributed by atoms with E-state index in [0.29, 0.717) is 25.3 Å². The SMILES string of the molecule is Cc1ccc(Cn2nc(CC(N)=O)nc2[C@@H]2C[C@@H](O)CN2)cc1. The van der Waals surface area contributed by atoms with Gasteiger partial charge in [-0.05, 0) is 18.9 Å². The minimum Gasteiger partial charge on any atom is -0.392 e. The van der Waals surface area contributed by atoms with E-state index in [9.17, 15) is 9.90 Å². The second kappa shape index (κ2) is 6.47. The molecule has 1 aromatic heterocycles. The summed E-state index contributed by atoms with van der Waals surface area (Å²) >= 11 is 0. The summed E-state index contributed by atoms with van der Waals surface area (Å²) in [7, 11) is 0. The van der Waals surface area contributed by atoms with Crippen LogP contribution in [0.5, 0.6) is 0 Å². The number of aliphatic hydroxyl groups is 1. The van der Waals surface area contributed by atoms with Crippen LogP contribution in [0.3, 0.4) is 0 Å². The van der Waals surface area contributed by atoms with Crippen molar-refractivity contribution in [1.29, 1.82) is 0 Å². The normalized spacial score (nSPS) is 20.8. The predicted molar refractivity (Wildman–Crippen MR) is 84.6 cm³/mol.